The lowest BCUT2D eigenvalue weighted by atomic mass is 9.68. The van der Waals surface area contributed by atoms with E-state index in [2.05, 4.69) is 21.8 Å². The molecular formula is C31H35ClN2O5S. The molecule has 212 valence electrons. The molecule has 40 heavy (non-hydrogen) atoms. The first-order valence-corrected chi connectivity index (χ1v) is 16.4. The third-order valence-corrected chi connectivity index (χ3v) is 11.5. The van der Waals surface area contributed by atoms with E-state index in [4.69, 9.17) is 16.3 Å². The molecule has 2 heterocycles. The topological polar surface area (TPSA) is 95.9 Å². The quantitative estimate of drug-likeness (QED) is 0.445. The number of sulfonamides is 1. The highest BCUT2D eigenvalue weighted by Crippen LogP contribution is 2.47. The molecule has 7 rings (SSSR count). The molecule has 2 N–H and O–H groups in total. The maximum Gasteiger partial charge on any atom is 0.264 e. The number of anilines is 1. The van der Waals surface area contributed by atoms with Gasteiger partial charge < -0.3 is 14.7 Å². The number of benzene rings is 2. The number of amides is 1. The number of hydrogen-bond donors (Lipinski definition) is 2. The van der Waals surface area contributed by atoms with Gasteiger partial charge >= 0.3 is 0 Å². The molecule has 2 aromatic carbocycles. The van der Waals surface area contributed by atoms with Crippen molar-refractivity contribution in [3.05, 3.63) is 70.3 Å². The molecule has 0 saturated heterocycles. The van der Waals surface area contributed by atoms with Gasteiger partial charge in [0.25, 0.3) is 5.91 Å². The van der Waals surface area contributed by atoms with Gasteiger partial charge in [-0.15, -0.1) is 0 Å². The highest BCUT2D eigenvalue weighted by molar-refractivity contribution is 7.90. The van der Waals surface area contributed by atoms with Crippen molar-refractivity contribution < 1.29 is 23.1 Å². The molecule has 2 fully saturated rings. The first-order valence-electron chi connectivity index (χ1n) is 14.4. The number of allylic oxidation sites excluding steroid dienone is 1. The molecule has 2 bridgehead atoms. The summed E-state index contributed by atoms with van der Waals surface area (Å²) in [5.74, 6) is 0.531. The second-order valence-corrected chi connectivity index (χ2v) is 14.7. The fourth-order valence-electron chi connectivity index (χ4n) is 7.43. The molecule has 0 radical (unpaired) electrons. The van der Waals surface area contributed by atoms with Gasteiger partial charge in [-0.2, -0.15) is 0 Å². The average Bonchev–Trinajstić information content (AvgIpc) is 3.65. The summed E-state index contributed by atoms with van der Waals surface area (Å²) >= 11 is 6.37. The number of carbonyl (C=O) groups excluding carboxylic acids is 1. The number of nitrogens with zero attached hydrogens (tertiary/aromatic N) is 1. The van der Waals surface area contributed by atoms with Crippen molar-refractivity contribution in [2.75, 3.05) is 30.3 Å². The lowest BCUT2D eigenvalue weighted by molar-refractivity contribution is 0.0455. The normalized spacial score (nSPS) is 35.1. The van der Waals surface area contributed by atoms with Crippen LogP contribution in [0.5, 0.6) is 5.75 Å². The van der Waals surface area contributed by atoms with Gasteiger partial charge in [0.2, 0.25) is 10.0 Å². The van der Waals surface area contributed by atoms with Crippen LogP contribution in [0.4, 0.5) is 5.69 Å². The van der Waals surface area contributed by atoms with E-state index in [0.717, 1.165) is 55.8 Å². The van der Waals surface area contributed by atoms with Crippen LogP contribution in [0.1, 0.15) is 53.6 Å². The molecule has 1 amide bonds. The van der Waals surface area contributed by atoms with E-state index in [1.54, 1.807) is 18.2 Å². The summed E-state index contributed by atoms with van der Waals surface area (Å²) in [6.07, 6.45) is 9.04. The summed E-state index contributed by atoms with van der Waals surface area (Å²) < 4.78 is 34.4. The highest BCUT2D eigenvalue weighted by Gasteiger charge is 2.45. The fraction of sp³-hybridized carbons (Fsp3) is 0.516. The molecule has 2 aliphatic heterocycles. The Labute approximate surface area is 240 Å². The van der Waals surface area contributed by atoms with Crippen LogP contribution in [0, 0.1) is 23.7 Å². The molecule has 1 spiro atoms. The minimum atomic E-state index is -3.79. The minimum absolute atomic E-state index is 0.0285. The van der Waals surface area contributed by atoms with Crippen LogP contribution >= 0.6 is 11.6 Å². The lowest BCUT2D eigenvalue weighted by Crippen LogP contribution is -2.49. The number of fused-ring (bicyclic) bond motifs is 5. The summed E-state index contributed by atoms with van der Waals surface area (Å²) in [5, 5.41) is 11.8. The van der Waals surface area contributed by atoms with Crippen LogP contribution in [-0.4, -0.2) is 51.0 Å². The second-order valence-electron chi connectivity index (χ2n) is 12.5. The van der Waals surface area contributed by atoms with Crippen molar-refractivity contribution >= 4 is 33.2 Å². The monoisotopic (exact) mass is 582 g/mol. The van der Waals surface area contributed by atoms with Crippen molar-refractivity contribution in [2.24, 2.45) is 23.7 Å². The fourth-order valence-corrected chi connectivity index (χ4v) is 9.06. The van der Waals surface area contributed by atoms with Crippen LogP contribution < -0.4 is 14.4 Å². The molecular weight excluding hydrogens is 548 g/mol. The maximum absolute atomic E-state index is 13.2. The Hall–Kier alpha value is -2.55. The predicted molar refractivity (Wildman–Crippen MR) is 154 cm³/mol. The SMILES string of the molecule is O=C1NS(=O)(=O)C[C@H]2C[C@@H]2/C=C/[C@H](O)[C@@H]2CC[C@H]2CN2C[C@@]3(CCCc4cc(Cl)ccc43)COc3ccc1cc32. The molecule has 2 aromatic rings. The van der Waals surface area contributed by atoms with Gasteiger partial charge in [-0.1, -0.05) is 29.8 Å². The Bertz CT molecular complexity index is 1490. The molecule has 3 aliphatic carbocycles. The van der Waals surface area contributed by atoms with Crippen molar-refractivity contribution in [2.45, 2.75) is 50.0 Å². The molecule has 2 saturated carbocycles. The number of hydrogen-bond acceptors (Lipinski definition) is 6. The Balaban J connectivity index is 1.29. The zero-order valence-electron chi connectivity index (χ0n) is 22.4. The minimum Gasteiger partial charge on any atom is -0.490 e. The molecule has 9 heteroatoms. The molecule has 5 aliphatic rings. The highest BCUT2D eigenvalue weighted by atomic mass is 35.5. The standard InChI is InChI=1S/C31H35ClN2O5S/c32-24-6-8-26-20(13-24)2-1-11-31(26)17-34-15-22-3-7-25(22)28(35)9-4-19-12-23(19)16-40(37,38)33-30(36)21-5-10-29(39-18-31)27(34)14-21/h4-6,8-10,13-14,19,22-23,25,28,35H,1-3,7,11-12,15-18H2,(H,33,36)/b9-4+/t19-,22-,23+,25+,28-,31-/m0/s1. The van der Waals surface area contributed by atoms with Gasteiger partial charge in [0.15, 0.2) is 0 Å². The average molecular weight is 583 g/mol. The molecule has 6 atom stereocenters. The van der Waals surface area contributed by atoms with E-state index < -0.39 is 22.0 Å². The first kappa shape index (κ1) is 26.4. The van der Waals surface area contributed by atoms with Gasteiger partial charge in [0, 0.05) is 29.1 Å². The smallest absolute Gasteiger partial charge is 0.264 e. The number of carbonyl (C=O) groups is 1. The zero-order valence-corrected chi connectivity index (χ0v) is 24.0. The number of ether oxygens (including phenoxy) is 1. The van der Waals surface area contributed by atoms with Gasteiger partial charge in [-0.05, 0) is 104 Å². The van der Waals surface area contributed by atoms with Crippen LogP contribution in [0.3, 0.4) is 0 Å². The van der Waals surface area contributed by atoms with Gasteiger partial charge in [-0.25, -0.2) is 13.1 Å². The Morgan fingerprint density at radius 3 is 2.80 bits per heavy atom. The number of rotatable bonds is 0. The van der Waals surface area contributed by atoms with E-state index in [-0.39, 0.29) is 28.9 Å². The molecule has 0 aromatic heterocycles. The van der Waals surface area contributed by atoms with Crippen molar-refractivity contribution in [3.63, 3.8) is 0 Å². The molecule has 0 unspecified atom stereocenters. The van der Waals surface area contributed by atoms with Crippen molar-refractivity contribution in [1.82, 2.24) is 4.72 Å². The third kappa shape index (κ3) is 4.82. The Morgan fingerprint density at radius 1 is 1.10 bits per heavy atom. The van der Waals surface area contributed by atoms with Crippen LogP contribution in [0.25, 0.3) is 0 Å². The van der Waals surface area contributed by atoms with E-state index in [9.17, 15) is 18.3 Å². The van der Waals surface area contributed by atoms with Crippen LogP contribution in [0.2, 0.25) is 5.02 Å². The summed E-state index contributed by atoms with van der Waals surface area (Å²) in [6, 6.07) is 11.4. The van der Waals surface area contributed by atoms with Gasteiger partial charge in [-0.3, -0.25) is 4.79 Å². The largest absolute Gasteiger partial charge is 0.490 e. The third-order valence-electron chi connectivity index (χ3n) is 9.88. The second kappa shape index (κ2) is 9.78. The summed E-state index contributed by atoms with van der Waals surface area (Å²) in [5.41, 5.74) is 3.37. The number of nitrogens with one attached hydrogen (secondary N) is 1. The lowest BCUT2D eigenvalue weighted by Gasteiger charge is -2.45. The summed E-state index contributed by atoms with van der Waals surface area (Å²) in [7, 11) is -3.79. The van der Waals surface area contributed by atoms with Gasteiger partial charge in [0.05, 0.1) is 24.2 Å². The number of halogens is 1. The van der Waals surface area contributed by atoms with Gasteiger partial charge in [0.1, 0.15) is 5.75 Å². The van der Waals surface area contributed by atoms with E-state index in [1.807, 2.05) is 18.2 Å². The Morgan fingerprint density at radius 2 is 1.98 bits per heavy atom. The summed E-state index contributed by atoms with van der Waals surface area (Å²) in [6.45, 7) is 1.94. The summed E-state index contributed by atoms with van der Waals surface area (Å²) in [4.78, 5) is 15.5. The van der Waals surface area contributed by atoms with Crippen molar-refractivity contribution in [3.8, 4) is 5.75 Å². The molecule has 7 nitrogen and oxygen atoms in total. The number of aryl methyl sites for hydroxylation is 1. The maximum atomic E-state index is 13.2. The van der Waals surface area contributed by atoms with Crippen molar-refractivity contribution in [1.29, 1.82) is 0 Å². The Kier molecular flexibility index (Phi) is 6.44. The van der Waals surface area contributed by atoms with E-state index in [1.165, 1.54) is 11.1 Å². The van der Waals surface area contributed by atoms with E-state index >= 15 is 0 Å². The first-order chi connectivity index (χ1) is 19.2. The predicted octanol–water partition coefficient (Wildman–Crippen LogP) is 4.47. The zero-order chi connectivity index (χ0) is 27.6. The van der Waals surface area contributed by atoms with Crippen LogP contribution in [-0.2, 0) is 21.9 Å². The van der Waals surface area contributed by atoms with Crippen LogP contribution in [0.15, 0.2) is 48.6 Å². The number of aliphatic hydroxyl groups excluding tert-OH is 1. The number of aliphatic hydroxyl groups is 1. The van der Waals surface area contributed by atoms with E-state index in [0.29, 0.717) is 30.4 Å².